The molecule has 0 fully saturated rings. The lowest BCUT2D eigenvalue weighted by molar-refractivity contribution is 0.0703. The average Bonchev–Trinajstić information content (AvgIpc) is 2.78. The Morgan fingerprint density at radius 3 is 2.35 bits per heavy atom. The van der Waals surface area contributed by atoms with E-state index in [1.807, 2.05) is 23.6 Å². The van der Waals surface area contributed by atoms with E-state index in [0.717, 1.165) is 11.1 Å². The molecule has 1 heterocycles. The summed E-state index contributed by atoms with van der Waals surface area (Å²) in [6.45, 7) is 4.28. The number of hydrogen-bond donors (Lipinski definition) is 1. The van der Waals surface area contributed by atoms with Crippen LogP contribution in [0.5, 0.6) is 0 Å². The Balaban J connectivity index is 2.40. The number of hydrogen-bond acceptors (Lipinski definition) is 2. The van der Waals surface area contributed by atoms with Gasteiger partial charge in [-0.25, -0.2) is 4.79 Å². The number of carboxylic acid groups (broad SMARTS) is 1. The zero-order chi connectivity index (χ0) is 12.4. The highest BCUT2D eigenvalue weighted by Crippen LogP contribution is 2.29. The van der Waals surface area contributed by atoms with Gasteiger partial charge in [0.05, 0.1) is 0 Å². The molecule has 0 radical (unpaired) electrons. The van der Waals surface area contributed by atoms with Gasteiger partial charge in [0.15, 0.2) is 0 Å². The van der Waals surface area contributed by atoms with E-state index in [-0.39, 0.29) is 0 Å². The molecule has 0 aliphatic carbocycles. The first-order valence-electron chi connectivity index (χ1n) is 5.50. The van der Waals surface area contributed by atoms with Crippen molar-refractivity contribution in [3.63, 3.8) is 0 Å². The lowest BCUT2D eigenvalue weighted by atomic mass is 9.99. The summed E-state index contributed by atoms with van der Waals surface area (Å²) in [5.74, 6) is -0.367. The topological polar surface area (TPSA) is 37.3 Å². The number of benzene rings is 1. The molecule has 2 nitrogen and oxygen atoms in total. The van der Waals surface area contributed by atoms with Gasteiger partial charge in [-0.3, -0.25) is 0 Å². The fourth-order valence-corrected chi connectivity index (χ4v) is 2.50. The first-order chi connectivity index (χ1) is 8.09. The minimum Gasteiger partial charge on any atom is -0.477 e. The Bertz CT molecular complexity index is 523. The number of aromatic carboxylic acids is 1. The molecule has 88 valence electrons. The molecule has 0 saturated heterocycles. The summed E-state index contributed by atoms with van der Waals surface area (Å²) in [6.07, 6.45) is 0. The van der Waals surface area contributed by atoms with E-state index < -0.39 is 5.97 Å². The van der Waals surface area contributed by atoms with Crippen molar-refractivity contribution >= 4 is 17.3 Å². The highest BCUT2D eigenvalue weighted by atomic mass is 32.1. The molecule has 1 aromatic carbocycles. The van der Waals surface area contributed by atoms with Gasteiger partial charge in [0.1, 0.15) is 4.88 Å². The Hall–Kier alpha value is -1.61. The molecule has 0 spiro atoms. The molecule has 0 atom stereocenters. The van der Waals surface area contributed by atoms with Crippen LogP contribution in [0, 0.1) is 0 Å². The molecule has 0 aliphatic heterocycles. The van der Waals surface area contributed by atoms with Crippen molar-refractivity contribution in [2.45, 2.75) is 19.8 Å². The van der Waals surface area contributed by atoms with Crippen LogP contribution in [-0.2, 0) is 0 Å². The van der Waals surface area contributed by atoms with Crippen LogP contribution in [0.3, 0.4) is 0 Å². The summed E-state index contributed by atoms with van der Waals surface area (Å²) in [4.78, 5) is 11.4. The molecule has 0 saturated carbocycles. The molecule has 0 aliphatic rings. The van der Waals surface area contributed by atoms with Crippen molar-refractivity contribution in [1.82, 2.24) is 0 Å². The van der Waals surface area contributed by atoms with Gasteiger partial charge in [0.2, 0.25) is 0 Å². The van der Waals surface area contributed by atoms with Gasteiger partial charge in [0, 0.05) is 5.56 Å². The number of carbonyl (C=O) groups is 1. The lowest BCUT2D eigenvalue weighted by Crippen LogP contribution is -1.94. The Labute approximate surface area is 105 Å². The summed E-state index contributed by atoms with van der Waals surface area (Å²) < 4.78 is 0. The van der Waals surface area contributed by atoms with Crippen LogP contribution in [0.25, 0.3) is 11.1 Å². The molecule has 1 aromatic heterocycles. The maximum Gasteiger partial charge on any atom is 0.346 e. The highest BCUT2D eigenvalue weighted by molar-refractivity contribution is 7.12. The monoisotopic (exact) mass is 246 g/mol. The third-order valence-corrected chi connectivity index (χ3v) is 3.65. The average molecular weight is 246 g/mol. The zero-order valence-corrected chi connectivity index (χ0v) is 10.6. The molecule has 1 N–H and O–H groups in total. The molecular formula is C14H14O2S. The third-order valence-electron chi connectivity index (χ3n) is 2.75. The van der Waals surface area contributed by atoms with Crippen molar-refractivity contribution in [2.24, 2.45) is 0 Å². The summed E-state index contributed by atoms with van der Waals surface area (Å²) in [6, 6.07) is 9.96. The van der Waals surface area contributed by atoms with Crippen molar-refractivity contribution in [3.8, 4) is 11.1 Å². The fraction of sp³-hybridized carbons (Fsp3) is 0.214. The van der Waals surface area contributed by atoms with Crippen LogP contribution in [-0.4, -0.2) is 11.1 Å². The minimum atomic E-state index is -0.858. The van der Waals surface area contributed by atoms with Crippen molar-refractivity contribution < 1.29 is 9.90 Å². The molecule has 0 bridgehead atoms. The quantitative estimate of drug-likeness (QED) is 0.879. The fourth-order valence-electron chi connectivity index (χ4n) is 1.75. The second-order valence-electron chi connectivity index (χ2n) is 4.25. The first kappa shape index (κ1) is 11.9. The summed E-state index contributed by atoms with van der Waals surface area (Å²) >= 11 is 1.26. The predicted molar refractivity (Wildman–Crippen MR) is 70.8 cm³/mol. The Morgan fingerprint density at radius 1 is 1.18 bits per heavy atom. The van der Waals surface area contributed by atoms with Gasteiger partial charge in [-0.2, -0.15) is 0 Å². The number of thiophene rings is 1. The van der Waals surface area contributed by atoms with Crippen molar-refractivity contribution in [1.29, 1.82) is 0 Å². The van der Waals surface area contributed by atoms with Gasteiger partial charge in [-0.15, -0.1) is 11.3 Å². The van der Waals surface area contributed by atoms with Crippen LogP contribution < -0.4 is 0 Å². The van der Waals surface area contributed by atoms with Gasteiger partial charge < -0.3 is 5.11 Å². The standard InChI is InChI=1S/C14H14O2S/c1-9(2)10-3-5-11(6-4-10)12-7-8-17-13(12)14(15)16/h3-9H,1-2H3,(H,15,16). The van der Waals surface area contributed by atoms with Crippen LogP contribution in [0.15, 0.2) is 35.7 Å². The first-order valence-corrected chi connectivity index (χ1v) is 6.38. The van der Waals surface area contributed by atoms with Crippen molar-refractivity contribution in [2.75, 3.05) is 0 Å². The third kappa shape index (κ3) is 2.39. The smallest absolute Gasteiger partial charge is 0.346 e. The highest BCUT2D eigenvalue weighted by Gasteiger charge is 2.13. The normalized spacial score (nSPS) is 10.8. The number of rotatable bonds is 3. The van der Waals surface area contributed by atoms with Crippen molar-refractivity contribution in [3.05, 3.63) is 46.2 Å². The lowest BCUT2D eigenvalue weighted by Gasteiger charge is -2.06. The van der Waals surface area contributed by atoms with Gasteiger partial charge in [0.25, 0.3) is 0 Å². The maximum atomic E-state index is 11.0. The summed E-state index contributed by atoms with van der Waals surface area (Å²) in [5, 5.41) is 10.9. The van der Waals surface area contributed by atoms with Crippen LogP contribution >= 0.6 is 11.3 Å². The van der Waals surface area contributed by atoms with E-state index in [0.29, 0.717) is 10.8 Å². The van der Waals surface area contributed by atoms with Gasteiger partial charge in [-0.05, 0) is 28.5 Å². The van der Waals surface area contributed by atoms with Crippen LogP contribution in [0.2, 0.25) is 0 Å². The van der Waals surface area contributed by atoms with Crippen LogP contribution in [0.1, 0.15) is 35.0 Å². The minimum absolute atomic E-state index is 0.405. The second kappa shape index (κ2) is 4.72. The Kier molecular flexibility index (Phi) is 3.29. The van der Waals surface area contributed by atoms with E-state index in [1.165, 1.54) is 16.9 Å². The van der Waals surface area contributed by atoms with E-state index >= 15 is 0 Å². The maximum absolute atomic E-state index is 11.0. The molecule has 2 rings (SSSR count). The molecule has 0 amide bonds. The molecule has 17 heavy (non-hydrogen) atoms. The largest absolute Gasteiger partial charge is 0.477 e. The SMILES string of the molecule is CC(C)c1ccc(-c2ccsc2C(=O)O)cc1. The van der Waals surface area contributed by atoms with E-state index in [2.05, 4.69) is 26.0 Å². The molecular weight excluding hydrogens is 232 g/mol. The van der Waals surface area contributed by atoms with Gasteiger partial charge >= 0.3 is 5.97 Å². The van der Waals surface area contributed by atoms with Gasteiger partial charge in [-0.1, -0.05) is 38.1 Å². The second-order valence-corrected chi connectivity index (χ2v) is 5.16. The summed E-state index contributed by atoms with van der Waals surface area (Å²) in [5.41, 5.74) is 3.03. The molecule has 0 unspecified atom stereocenters. The van der Waals surface area contributed by atoms with E-state index in [1.54, 1.807) is 0 Å². The number of carboxylic acids is 1. The van der Waals surface area contributed by atoms with E-state index in [9.17, 15) is 4.79 Å². The predicted octanol–water partition coefficient (Wildman–Crippen LogP) is 4.24. The molecule has 2 aromatic rings. The zero-order valence-electron chi connectivity index (χ0n) is 9.81. The summed E-state index contributed by atoms with van der Waals surface area (Å²) in [7, 11) is 0. The Morgan fingerprint density at radius 2 is 1.82 bits per heavy atom. The van der Waals surface area contributed by atoms with E-state index in [4.69, 9.17) is 5.11 Å². The van der Waals surface area contributed by atoms with Crippen LogP contribution in [0.4, 0.5) is 0 Å². The molecule has 3 heteroatoms.